The van der Waals surface area contributed by atoms with Crippen molar-refractivity contribution in [3.63, 3.8) is 0 Å². The number of rotatable bonds is 7. The summed E-state index contributed by atoms with van der Waals surface area (Å²) >= 11 is 0. The van der Waals surface area contributed by atoms with Crippen LogP contribution in [-0.2, 0) is 0 Å². The number of hydrogen-bond acceptors (Lipinski definition) is 2. The molecule has 0 aromatic heterocycles. The molecule has 2 N–H and O–H groups in total. The van der Waals surface area contributed by atoms with Crippen molar-refractivity contribution in [2.75, 3.05) is 6.61 Å². The maximum absolute atomic E-state index is 9.46. The molecule has 2 heteroatoms. The first-order valence-electron chi connectivity index (χ1n) is 5.01. The quantitative estimate of drug-likeness (QED) is 0.579. The summed E-state index contributed by atoms with van der Waals surface area (Å²) in [6, 6.07) is 0. The summed E-state index contributed by atoms with van der Waals surface area (Å²) in [6.45, 7) is 4.32. The molecule has 0 fully saturated rings. The average molecular weight is 174 g/mol. The number of aliphatic hydroxyl groups excluding tert-OH is 2. The Hall–Kier alpha value is -0.0800. The van der Waals surface area contributed by atoms with E-state index in [0.29, 0.717) is 12.3 Å². The van der Waals surface area contributed by atoms with Gasteiger partial charge in [0.2, 0.25) is 0 Å². The molecule has 0 saturated heterocycles. The first kappa shape index (κ1) is 11.9. The number of hydrogen-bond donors (Lipinski definition) is 2. The van der Waals surface area contributed by atoms with Crippen LogP contribution in [0, 0.1) is 5.92 Å². The molecule has 0 amide bonds. The molecule has 2 nitrogen and oxygen atoms in total. The van der Waals surface area contributed by atoms with Crippen LogP contribution in [0.3, 0.4) is 0 Å². The zero-order chi connectivity index (χ0) is 9.40. The van der Waals surface area contributed by atoms with Gasteiger partial charge in [-0.15, -0.1) is 0 Å². The lowest BCUT2D eigenvalue weighted by Gasteiger charge is -2.17. The normalized spacial score (nSPS) is 16.0. The third-order valence-corrected chi connectivity index (χ3v) is 2.34. The third-order valence-electron chi connectivity index (χ3n) is 2.34. The Labute approximate surface area is 75.6 Å². The fourth-order valence-electron chi connectivity index (χ4n) is 1.33. The van der Waals surface area contributed by atoms with E-state index in [1.54, 1.807) is 0 Å². The predicted octanol–water partition coefficient (Wildman–Crippen LogP) is 1.95. The van der Waals surface area contributed by atoms with Crippen molar-refractivity contribution in [3.05, 3.63) is 0 Å². The van der Waals surface area contributed by atoms with Gasteiger partial charge < -0.3 is 10.2 Å². The molecule has 0 aromatic rings. The van der Waals surface area contributed by atoms with Gasteiger partial charge >= 0.3 is 0 Å². The van der Waals surface area contributed by atoms with Crippen molar-refractivity contribution in [1.82, 2.24) is 0 Å². The van der Waals surface area contributed by atoms with E-state index in [9.17, 15) is 5.11 Å². The summed E-state index contributed by atoms with van der Waals surface area (Å²) < 4.78 is 0. The summed E-state index contributed by atoms with van der Waals surface area (Å²) in [5.41, 5.74) is 0. The van der Waals surface area contributed by atoms with Gasteiger partial charge in [0.05, 0.1) is 6.10 Å². The lowest BCUT2D eigenvalue weighted by atomic mass is 9.96. The van der Waals surface area contributed by atoms with Crippen LogP contribution in [0.1, 0.15) is 46.0 Å². The predicted molar refractivity (Wildman–Crippen MR) is 51.0 cm³/mol. The molecule has 0 aliphatic heterocycles. The first-order chi connectivity index (χ1) is 5.72. The minimum Gasteiger partial charge on any atom is -0.396 e. The van der Waals surface area contributed by atoms with E-state index >= 15 is 0 Å². The summed E-state index contributed by atoms with van der Waals surface area (Å²) in [6.07, 6.45) is 4.95. The zero-order valence-corrected chi connectivity index (χ0v) is 8.29. The molecule has 0 bridgehead atoms. The molecular formula is C10H22O2. The molecule has 0 spiro atoms. The molecule has 0 rings (SSSR count). The van der Waals surface area contributed by atoms with Crippen LogP contribution in [0.2, 0.25) is 0 Å². The molecule has 2 atom stereocenters. The van der Waals surface area contributed by atoms with Gasteiger partial charge in [-0.1, -0.05) is 33.1 Å². The van der Waals surface area contributed by atoms with Crippen LogP contribution in [0.25, 0.3) is 0 Å². The van der Waals surface area contributed by atoms with Crippen molar-refractivity contribution < 1.29 is 10.2 Å². The van der Waals surface area contributed by atoms with Crippen molar-refractivity contribution in [1.29, 1.82) is 0 Å². The van der Waals surface area contributed by atoms with E-state index in [-0.39, 0.29) is 12.7 Å². The standard InChI is InChI=1S/C10H22O2/c1-3-4-5-6-9(2)10(12)7-8-11/h9-12H,3-8H2,1-2H3/t9?,10-/m0/s1. The van der Waals surface area contributed by atoms with E-state index in [0.717, 1.165) is 6.42 Å². The van der Waals surface area contributed by atoms with Crippen molar-refractivity contribution in [3.8, 4) is 0 Å². The van der Waals surface area contributed by atoms with Crippen LogP contribution in [0.15, 0.2) is 0 Å². The molecule has 12 heavy (non-hydrogen) atoms. The van der Waals surface area contributed by atoms with E-state index in [4.69, 9.17) is 5.11 Å². The van der Waals surface area contributed by atoms with Crippen LogP contribution in [-0.4, -0.2) is 22.9 Å². The van der Waals surface area contributed by atoms with Crippen LogP contribution < -0.4 is 0 Å². The summed E-state index contributed by atoms with van der Waals surface area (Å²) in [7, 11) is 0. The summed E-state index contributed by atoms with van der Waals surface area (Å²) in [5.74, 6) is 0.337. The molecular weight excluding hydrogens is 152 g/mol. The largest absolute Gasteiger partial charge is 0.396 e. The maximum atomic E-state index is 9.46. The second-order valence-corrected chi connectivity index (χ2v) is 3.55. The van der Waals surface area contributed by atoms with E-state index < -0.39 is 0 Å². The van der Waals surface area contributed by atoms with Gasteiger partial charge in [-0.2, -0.15) is 0 Å². The lowest BCUT2D eigenvalue weighted by Crippen LogP contribution is -2.18. The average Bonchev–Trinajstić information content (AvgIpc) is 2.05. The topological polar surface area (TPSA) is 40.5 Å². The first-order valence-corrected chi connectivity index (χ1v) is 5.01. The van der Waals surface area contributed by atoms with Gasteiger partial charge in [0.15, 0.2) is 0 Å². The van der Waals surface area contributed by atoms with Gasteiger partial charge in [0.25, 0.3) is 0 Å². The molecule has 0 heterocycles. The van der Waals surface area contributed by atoms with Crippen molar-refractivity contribution >= 4 is 0 Å². The van der Waals surface area contributed by atoms with E-state index in [1.165, 1.54) is 19.3 Å². The fraction of sp³-hybridized carbons (Fsp3) is 1.00. The SMILES string of the molecule is CCCCCC(C)[C@@H](O)CCO. The van der Waals surface area contributed by atoms with E-state index in [1.807, 2.05) is 0 Å². The Balaban J connectivity index is 3.35. The molecule has 0 radical (unpaired) electrons. The van der Waals surface area contributed by atoms with Crippen LogP contribution >= 0.6 is 0 Å². The summed E-state index contributed by atoms with van der Waals surface area (Å²) in [5, 5.41) is 18.1. The van der Waals surface area contributed by atoms with Crippen LogP contribution in [0.4, 0.5) is 0 Å². The van der Waals surface area contributed by atoms with Gasteiger partial charge in [0.1, 0.15) is 0 Å². The summed E-state index contributed by atoms with van der Waals surface area (Å²) in [4.78, 5) is 0. The highest BCUT2D eigenvalue weighted by Crippen LogP contribution is 2.15. The highest BCUT2D eigenvalue weighted by Gasteiger charge is 2.12. The molecule has 0 aliphatic rings. The monoisotopic (exact) mass is 174 g/mol. The number of unbranched alkanes of at least 4 members (excludes halogenated alkanes) is 2. The molecule has 0 aromatic carbocycles. The van der Waals surface area contributed by atoms with Crippen LogP contribution in [0.5, 0.6) is 0 Å². The minimum atomic E-state index is -0.313. The highest BCUT2D eigenvalue weighted by molar-refractivity contribution is 4.63. The zero-order valence-electron chi connectivity index (χ0n) is 8.29. The van der Waals surface area contributed by atoms with Crippen molar-refractivity contribution in [2.24, 2.45) is 5.92 Å². The van der Waals surface area contributed by atoms with Gasteiger partial charge in [-0.25, -0.2) is 0 Å². The Morgan fingerprint density at radius 2 is 1.83 bits per heavy atom. The second-order valence-electron chi connectivity index (χ2n) is 3.55. The minimum absolute atomic E-state index is 0.0965. The Bertz CT molecular complexity index is 93.8. The lowest BCUT2D eigenvalue weighted by molar-refractivity contribution is 0.0811. The van der Waals surface area contributed by atoms with Gasteiger partial charge in [0, 0.05) is 6.61 Å². The molecule has 0 saturated carbocycles. The fourth-order valence-corrected chi connectivity index (χ4v) is 1.33. The number of aliphatic hydroxyl groups is 2. The van der Waals surface area contributed by atoms with E-state index in [2.05, 4.69) is 13.8 Å². The highest BCUT2D eigenvalue weighted by atomic mass is 16.3. The maximum Gasteiger partial charge on any atom is 0.0587 e. The molecule has 1 unspecified atom stereocenters. The van der Waals surface area contributed by atoms with Gasteiger partial charge in [-0.05, 0) is 18.8 Å². The molecule has 0 aliphatic carbocycles. The Morgan fingerprint density at radius 3 is 2.33 bits per heavy atom. The second kappa shape index (κ2) is 7.56. The smallest absolute Gasteiger partial charge is 0.0587 e. The molecule has 74 valence electrons. The van der Waals surface area contributed by atoms with Gasteiger partial charge in [-0.3, -0.25) is 0 Å². The Morgan fingerprint density at radius 1 is 1.17 bits per heavy atom. The van der Waals surface area contributed by atoms with Crippen molar-refractivity contribution in [2.45, 2.75) is 52.1 Å². The Kier molecular flexibility index (Phi) is 7.51. The third kappa shape index (κ3) is 5.56.